The molecule has 0 aliphatic heterocycles. The van der Waals surface area contributed by atoms with Crippen molar-refractivity contribution in [1.82, 2.24) is 14.8 Å². The lowest BCUT2D eigenvalue weighted by Gasteiger charge is -2.09. The van der Waals surface area contributed by atoms with Gasteiger partial charge in [0, 0.05) is 11.3 Å². The Hall–Kier alpha value is -3.55. The van der Waals surface area contributed by atoms with Gasteiger partial charge in [0.1, 0.15) is 11.5 Å². The van der Waals surface area contributed by atoms with Crippen molar-refractivity contribution in [3.8, 4) is 11.5 Å². The number of anilines is 3. The number of aromatic nitrogens is 3. The van der Waals surface area contributed by atoms with Crippen LogP contribution in [-0.2, 0) is 0 Å². The quantitative estimate of drug-likeness (QED) is 0.509. The van der Waals surface area contributed by atoms with Crippen LogP contribution >= 0.6 is 0 Å². The SMILES string of the molecule is CCCCOc1ccc(Nc2nc(N)n(C(=O)c3ccc(OC(C)C)cc3)n2)cc1. The van der Waals surface area contributed by atoms with E-state index in [1.807, 2.05) is 38.1 Å². The molecule has 3 rings (SSSR count). The highest BCUT2D eigenvalue weighted by Gasteiger charge is 2.16. The molecule has 1 aromatic heterocycles. The van der Waals surface area contributed by atoms with Gasteiger partial charge in [0.05, 0.1) is 12.7 Å². The third-order valence-corrected chi connectivity index (χ3v) is 4.17. The Morgan fingerprint density at radius 1 is 1.10 bits per heavy atom. The zero-order valence-corrected chi connectivity index (χ0v) is 17.5. The highest BCUT2D eigenvalue weighted by atomic mass is 16.5. The van der Waals surface area contributed by atoms with Crippen LogP contribution < -0.4 is 20.5 Å². The Kier molecular flexibility index (Phi) is 6.90. The topological polar surface area (TPSA) is 104 Å². The molecule has 0 amide bonds. The van der Waals surface area contributed by atoms with E-state index in [4.69, 9.17) is 15.2 Å². The highest BCUT2D eigenvalue weighted by molar-refractivity contribution is 5.97. The van der Waals surface area contributed by atoms with Gasteiger partial charge in [-0.1, -0.05) is 13.3 Å². The van der Waals surface area contributed by atoms with Crippen LogP contribution in [0.5, 0.6) is 11.5 Å². The number of nitrogens with zero attached hydrogens (tertiary/aromatic N) is 3. The molecule has 30 heavy (non-hydrogen) atoms. The number of unbranched alkanes of at least 4 members (excludes halogenated alkanes) is 1. The second-order valence-corrected chi connectivity index (χ2v) is 7.05. The summed E-state index contributed by atoms with van der Waals surface area (Å²) in [6, 6.07) is 14.3. The lowest BCUT2D eigenvalue weighted by Crippen LogP contribution is -2.16. The first-order valence-electron chi connectivity index (χ1n) is 10.00. The maximum Gasteiger partial charge on any atom is 0.281 e. The van der Waals surface area contributed by atoms with Crippen LogP contribution in [0.1, 0.15) is 44.0 Å². The Bertz CT molecular complexity index is 965. The van der Waals surface area contributed by atoms with E-state index >= 15 is 0 Å². The van der Waals surface area contributed by atoms with Gasteiger partial charge >= 0.3 is 0 Å². The van der Waals surface area contributed by atoms with E-state index < -0.39 is 0 Å². The summed E-state index contributed by atoms with van der Waals surface area (Å²) in [6.07, 6.45) is 2.16. The van der Waals surface area contributed by atoms with E-state index in [-0.39, 0.29) is 23.9 Å². The van der Waals surface area contributed by atoms with Crippen LogP contribution in [0.25, 0.3) is 0 Å². The number of hydrogen-bond acceptors (Lipinski definition) is 7. The zero-order chi connectivity index (χ0) is 21.5. The lowest BCUT2D eigenvalue weighted by atomic mass is 10.2. The van der Waals surface area contributed by atoms with E-state index in [9.17, 15) is 4.79 Å². The average Bonchev–Trinajstić information content (AvgIpc) is 3.09. The van der Waals surface area contributed by atoms with E-state index in [1.165, 1.54) is 0 Å². The van der Waals surface area contributed by atoms with Crippen molar-refractivity contribution in [1.29, 1.82) is 0 Å². The lowest BCUT2D eigenvalue weighted by molar-refractivity contribution is 0.0948. The maximum atomic E-state index is 12.7. The summed E-state index contributed by atoms with van der Waals surface area (Å²) in [5.41, 5.74) is 7.10. The molecule has 0 spiro atoms. The van der Waals surface area contributed by atoms with Crippen LogP contribution in [-0.4, -0.2) is 33.4 Å². The summed E-state index contributed by atoms with van der Waals surface area (Å²) in [5, 5.41) is 7.24. The molecule has 0 atom stereocenters. The van der Waals surface area contributed by atoms with Crippen LogP contribution in [0.4, 0.5) is 17.6 Å². The minimum absolute atomic E-state index is 0.00419. The van der Waals surface area contributed by atoms with E-state index in [2.05, 4.69) is 22.3 Å². The smallest absolute Gasteiger partial charge is 0.281 e. The van der Waals surface area contributed by atoms with Crippen molar-refractivity contribution in [3.63, 3.8) is 0 Å². The standard InChI is InChI=1S/C22H27N5O3/c1-4-5-14-29-18-12-8-17(9-13-18)24-22-25-21(23)27(26-22)20(28)16-6-10-19(11-7-16)30-15(2)3/h6-13,15H,4-5,14H2,1-3H3,(H3,23,24,25,26). The molecule has 158 valence electrons. The molecule has 3 aromatic rings. The fraction of sp³-hybridized carbons (Fsp3) is 0.318. The molecule has 0 aliphatic rings. The molecule has 0 bridgehead atoms. The molecule has 0 radical (unpaired) electrons. The van der Waals surface area contributed by atoms with Gasteiger partial charge < -0.3 is 20.5 Å². The Balaban J connectivity index is 1.66. The number of nitrogens with two attached hydrogens (primary N) is 1. The minimum Gasteiger partial charge on any atom is -0.494 e. The van der Waals surface area contributed by atoms with E-state index in [1.54, 1.807) is 24.3 Å². The van der Waals surface area contributed by atoms with Gasteiger partial charge in [-0.3, -0.25) is 4.79 Å². The van der Waals surface area contributed by atoms with Crippen molar-refractivity contribution < 1.29 is 14.3 Å². The fourth-order valence-corrected chi connectivity index (χ4v) is 2.70. The van der Waals surface area contributed by atoms with Gasteiger partial charge in [0.2, 0.25) is 11.9 Å². The number of rotatable bonds is 9. The largest absolute Gasteiger partial charge is 0.494 e. The predicted molar refractivity (Wildman–Crippen MR) is 116 cm³/mol. The van der Waals surface area contributed by atoms with Crippen molar-refractivity contribution in [3.05, 3.63) is 54.1 Å². The van der Waals surface area contributed by atoms with Crippen molar-refractivity contribution in [2.45, 2.75) is 39.7 Å². The minimum atomic E-state index is -0.371. The molecule has 0 saturated carbocycles. The second-order valence-electron chi connectivity index (χ2n) is 7.05. The Morgan fingerprint density at radius 2 is 1.77 bits per heavy atom. The number of carbonyl (C=O) groups excluding carboxylic acids is 1. The molecule has 2 aromatic carbocycles. The first-order chi connectivity index (χ1) is 14.5. The molecule has 8 nitrogen and oxygen atoms in total. The normalized spacial score (nSPS) is 10.8. The monoisotopic (exact) mass is 409 g/mol. The van der Waals surface area contributed by atoms with Gasteiger partial charge in [-0.15, -0.1) is 5.10 Å². The first-order valence-corrected chi connectivity index (χ1v) is 10.00. The summed E-state index contributed by atoms with van der Waals surface area (Å²) in [7, 11) is 0. The molecule has 1 heterocycles. The summed E-state index contributed by atoms with van der Waals surface area (Å²) < 4.78 is 12.3. The molecule has 0 saturated heterocycles. The van der Waals surface area contributed by atoms with Crippen molar-refractivity contribution in [2.24, 2.45) is 0 Å². The zero-order valence-electron chi connectivity index (χ0n) is 17.5. The van der Waals surface area contributed by atoms with Crippen LogP contribution in [0, 0.1) is 0 Å². The highest BCUT2D eigenvalue weighted by Crippen LogP contribution is 2.20. The third kappa shape index (κ3) is 5.50. The van der Waals surface area contributed by atoms with Crippen molar-refractivity contribution in [2.75, 3.05) is 17.7 Å². The average molecular weight is 409 g/mol. The number of carbonyl (C=O) groups is 1. The number of hydrogen-bond donors (Lipinski definition) is 2. The molecule has 8 heteroatoms. The molecular formula is C22H27N5O3. The molecule has 0 aliphatic carbocycles. The van der Waals surface area contributed by atoms with E-state index in [0.717, 1.165) is 29.0 Å². The summed E-state index contributed by atoms with van der Waals surface area (Å²) in [4.78, 5) is 16.9. The van der Waals surface area contributed by atoms with Gasteiger partial charge in [0.15, 0.2) is 0 Å². The third-order valence-electron chi connectivity index (χ3n) is 4.17. The number of ether oxygens (including phenoxy) is 2. The molecule has 0 unspecified atom stereocenters. The summed E-state index contributed by atoms with van der Waals surface area (Å²) in [5.74, 6) is 1.36. The number of benzene rings is 2. The van der Waals surface area contributed by atoms with Gasteiger partial charge in [-0.2, -0.15) is 9.67 Å². The van der Waals surface area contributed by atoms with Crippen LogP contribution in [0.2, 0.25) is 0 Å². The number of nitrogen functional groups attached to an aromatic ring is 1. The van der Waals surface area contributed by atoms with Crippen molar-refractivity contribution >= 4 is 23.5 Å². The van der Waals surface area contributed by atoms with Crippen LogP contribution in [0.15, 0.2) is 48.5 Å². The Morgan fingerprint density at radius 3 is 2.40 bits per heavy atom. The second kappa shape index (κ2) is 9.78. The fourth-order valence-electron chi connectivity index (χ4n) is 2.70. The Labute approximate surface area is 176 Å². The summed E-state index contributed by atoms with van der Waals surface area (Å²) in [6.45, 7) is 6.70. The predicted octanol–water partition coefficient (Wildman–Crippen LogP) is 4.26. The molecular weight excluding hydrogens is 382 g/mol. The molecule has 0 fully saturated rings. The maximum absolute atomic E-state index is 12.7. The van der Waals surface area contributed by atoms with Gasteiger partial charge in [0.25, 0.3) is 5.91 Å². The van der Waals surface area contributed by atoms with Gasteiger partial charge in [-0.25, -0.2) is 0 Å². The number of nitrogens with one attached hydrogen (secondary N) is 1. The van der Waals surface area contributed by atoms with Crippen LogP contribution in [0.3, 0.4) is 0 Å². The van der Waals surface area contributed by atoms with E-state index in [0.29, 0.717) is 17.9 Å². The summed E-state index contributed by atoms with van der Waals surface area (Å²) >= 11 is 0. The van der Waals surface area contributed by atoms with Gasteiger partial charge in [-0.05, 0) is 68.8 Å². The molecule has 3 N–H and O–H groups in total. The first kappa shape index (κ1) is 21.2.